The Kier molecular flexibility index (Phi) is 5.74. The molecule has 0 aliphatic heterocycles. The maximum atomic E-state index is 13.3. The van der Waals surface area contributed by atoms with Crippen LogP contribution in [0.25, 0.3) is 0 Å². The van der Waals surface area contributed by atoms with Crippen LogP contribution >= 0.6 is 15.9 Å². The molecule has 2 aromatic heterocycles. The van der Waals surface area contributed by atoms with Gasteiger partial charge in [0, 0.05) is 18.0 Å². The molecule has 0 saturated carbocycles. The van der Waals surface area contributed by atoms with Crippen LogP contribution in [0.15, 0.2) is 41.0 Å². The predicted molar refractivity (Wildman–Crippen MR) is 105 cm³/mol. The normalized spacial score (nSPS) is 12.2. The van der Waals surface area contributed by atoms with Crippen LogP contribution in [0, 0.1) is 25.6 Å². The van der Waals surface area contributed by atoms with E-state index >= 15 is 0 Å². The van der Waals surface area contributed by atoms with E-state index in [9.17, 15) is 9.18 Å². The van der Waals surface area contributed by atoms with Crippen LogP contribution in [0.3, 0.4) is 0 Å². The van der Waals surface area contributed by atoms with Crippen LogP contribution in [-0.4, -0.2) is 25.5 Å². The Morgan fingerprint density at radius 1 is 1.30 bits per heavy atom. The highest BCUT2D eigenvalue weighted by atomic mass is 79.9. The average Bonchev–Trinajstić information content (AvgIpc) is 3.15. The Bertz CT molecular complexity index is 965. The molecule has 0 aliphatic carbocycles. The monoisotopic (exact) mass is 433 g/mol. The largest absolute Gasteiger partial charge is 0.309 e. The average molecular weight is 434 g/mol. The van der Waals surface area contributed by atoms with Gasteiger partial charge in [0.2, 0.25) is 5.91 Å². The first-order valence-corrected chi connectivity index (χ1v) is 9.41. The SMILES string of the molecule is Cc1nn(CC(C)C(=O)Nc2ccn(Cc3cccc(F)c3)n2)c(C)c1Br. The first kappa shape index (κ1) is 19.3. The van der Waals surface area contributed by atoms with Crippen LogP contribution in [0.2, 0.25) is 0 Å². The van der Waals surface area contributed by atoms with E-state index in [2.05, 4.69) is 31.4 Å². The zero-order valence-corrected chi connectivity index (χ0v) is 17.0. The number of anilines is 1. The standard InChI is InChI=1S/C19H21BrFN5O/c1-12(10-26-14(3)18(20)13(2)23-26)19(27)22-17-7-8-25(24-17)11-15-5-4-6-16(21)9-15/h4-9,12H,10-11H2,1-3H3,(H,22,24,27). The highest BCUT2D eigenvalue weighted by Crippen LogP contribution is 2.21. The number of nitrogens with zero attached hydrogens (tertiary/aromatic N) is 4. The van der Waals surface area contributed by atoms with Crippen molar-refractivity contribution in [3.8, 4) is 0 Å². The van der Waals surface area contributed by atoms with E-state index in [1.165, 1.54) is 12.1 Å². The summed E-state index contributed by atoms with van der Waals surface area (Å²) >= 11 is 3.49. The Morgan fingerprint density at radius 2 is 2.07 bits per heavy atom. The second-order valence-corrected chi connectivity index (χ2v) is 7.38. The van der Waals surface area contributed by atoms with Crippen molar-refractivity contribution in [1.82, 2.24) is 19.6 Å². The summed E-state index contributed by atoms with van der Waals surface area (Å²) in [6, 6.07) is 8.09. The molecule has 3 aromatic rings. The molecule has 6 nitrogen and oxygen atoms in total. The molecular weight excluding hydrogens is 413 g/mol. The summed E-state index contributed by atoms with van der Waals surface area (Å²) in [5.74, 6) is -0.214. The molecule has 1 aromatic carbocycles. The molecule has 0 bridgehead atoms. The molecule has 1 N–H and O–H groups in total. The van der Waals surface area contributed by atoms with E-state index in [0.717, 1.165) is 21.4 Å². The maximum absolute atomic E-state index is 13.3. The number of hydrogen-bond donors (Lipinski definition) is 1. The van der Waals surface area contributed by atoms with Crippen LogP contribution in [0.5, 0.6) is 0 Å². The van der Waals surface area contributed by atoms with Crippen molar-refractivity contribution in [2.45, 2.75) is 33.9 Å². The number of aryl methyl sites for hydroxylation is 1. The molecule has 1 atom stereocenters. The van der Waals surface area contributed by atoms with Crippen LogP contribution < -0.4 is 5.32 Å². The minimum absolute atomic E-state index is 0.130. The minimum Gasteiger partial charge on any atom is -0.309 e. The smallest absolute Gasteiger partial charge is 0.230 e. The van der Waals surface area contributed by atoms with Gasteiger partial charge in [-0.15, -0.1) is 0 Å². The molecule has 3 rings (SSSR count). The molecule has 0 saturated heterocycles. The van der Waals surface area contributed by atoms with E-state index in [-0.39, 0.29) is 17.6 Å². The third kappa shape index (κ3) is 4.63. The molecule has 0 aliphatic rings. The zero-order chi connectivity index (χ0) is 19.6. The first-order chi connectivity index (χ1) is 12.8. The molecule has 142 valence electrons. The molecular formula is C19H21BrFN5O. The fourth-order valence-corrected chi connectivity index (χ4v) is 3.07. The van der Waals surface area contributed by atoms with Gasteiger partial charge in [-0.1, -0.05) is 19.1 Å². The van der Waals surface area contributed by atoms with Gasteiger partial charge in [0.25, 0.3) is 0 Å². The minimum atomic E-state index is -0.280. The van der Waals surface area contributed by atoms with Gasteiger partial charge in [-0.3, -0.25) is 14.2 Å². The van der Waals surface area contributed by atoms with E-state index in [0.29, 0.717) is 18.9 Å². The number of aromatic nitrogens is 4. The van der Waals surface area contributed by atoms with Gasteiger partial charge in [-0.2, -0.15) is 10.2 Å². The second-order valence-electron chi connectivity index (χ2n) is 6.59. The predicted octanol–water partition coefficient (Wildman–Crippen LogP) is 3.92. The number of amides is 1. The maximum Gasteiger partial charge on any atom is 0.230 e. The lowest BCUT2D eigenvalue weighted by Crippen LogP contribution is -2.25. The molecule has 8 heteroatoms. The third-order valence-corrected chi connectivity index (χ3v) is 5.46. The fourth-order valence-electron chi connectivity index (χ4n) is 2.78. The highest BCUT2D eigenvalue weighted by molar-refractivity contribution is 9.10. The van der Waals surface area contributed by atoms with Crippen molar-refractivity contribution in [1.29, 1.82) is 0 Å². The number of rotatable bonds is 6. The lowest BCUT2D eigenvalue weighted by atomic mass is 10.1. The summed E-state index contributed by atoms with van der Waals surface area (Å²) in [7, 11) is 0. The van der Waals surface area contributed by atoms with Crippen molar-refractivity contribution in [2.75, 3.05) is 5.32 Å². The number of hydrogen-bond acceptors (Lipinski definition) is 3. The molecule has 0 radical (unpaired) electrons. The van der Waals surface area contributed by atoms with E-state index in [4.69, 9.17) is 0 Å². The van der Waals surface area contributed by atoms with Gasteiger partial charge < -0.3 is 5.32 Å². The topological polar surface area (TPSA) is 64.7 Å². The lowest BCUT2D eigenvalue weighted by Gasteiger charge is -2.12. The summed E-state index contributed by atoms with van der Waals surface area (Å²) in [6.07, 6.45) is 1.75. The number of carbonyl (C=O) groups is 1. The quantitative estimate of drug-likeness (QED) is 0.640. The molecule has 1 unspecified atom stereocenters. The first-order valence-electron chi connectivity index (χ1n) is 8.61. The van der Waals surface area contributed by atoms with E-state index in [1.54, 1.807) is 23.0 Å². The van der Waals surface area contributed by atoms with Gasteiger partial charge in [0.1, 0.15) is 5.82 Å². The van der Waals surface area contributed by atoms with Crippen LogP contribution in [-0.2, 0) is 17.9 Å². The second kappa shape index (κ2) is 8.04. The summed E-state index contributed by atoms with van der Waals surface area (Å²) < 4.78 is 17.7. The van der Waals surface area contributed by atoms with Crippen LogP contribution in [0.4, 0.5) is 10.2 Å². The van der Waals surface area contributed by atoms with Crippen molar-refractivity contribution in [3.63, 3.8) is 0 Å². The molecule has 2 heterocycles. The van der Waals surface area contributed by atoms with E-state index in [1.807, 2.05) is 31.5 Å². The lowest BCUT2D eigenvalue weighted by molar-refractivity contribution is -0.119. The molecule has 0 spiro atoms. The summed E-state index contributed by atoms with van der Waals surface area (Å²) in [6.45, 7) is 6.65. The number of benzene rings is 1. The van der Waals surface area contributed by atoms with Crippen molar-refractivity contribution in [3.05, 3.63) is 63.8 Å². The highest BCUT2D eigenvalue weighted by Gasteiger charge is 2.18. The van der Waals surface area contributed by atoms with Gasteiger partial charge >= 0.3 is 0 Å². The zero-order valence-electron chi connectivity index (χ0n) is 15.4. The summed E-state index contributed by atoms with van der Waals surface area (Å²) in [4.78, 5) is 12.5. The third-order valence-electron chi connectivity index (χ3n) is 4.31. The van der Waals surface area contributed by atoms with Crippen molar-refractivity contribution >= 4 is 27.7 Å². The summed E-state index contributed by atoms with van der Waals surface area (Å²) in [5.41, 5.74) is 2.70. The molecule has 1 amide bonds. The fraction of sp³-hybridized carbons (Fsp3) is 0.316. The van der Waals surface area contributed by atoms with Crippen LogP contribution in [0.1, 0.15) is 23.9 Å². The Labute approximate surface area is 165 Å². The summed E-state index contributed by atoms with van der Waals surface area (Å²) in [5, 5.41) is 11.6. The van der Waals surface area contributed by atoms with Crippen molar-refractivity contribution in [2.24, 2.45) is 5.92 Å². The molecule has 27 heavy (non-hydrogen) atoms. The Morgan fingerprint density at radius 3 is 2.74 bits per heavy atom. The van der Waals surface area contributed by atoms with Gasteiger partial charge in [0.15, 0.2) is 5.82 Å². The van der Waals surface area contributed by atoms with E-state index < -0.39 is 0 Å². The van der Waals surface area contributed by atoms with Gasteiger partial charge in [-0.25, -0.2) is 4.39 Å². The van der Waals surface area contributed by atoms with Crippen molar-refractivity contribution < 1.29 is 9.18 Å². The molecule has 0 fully saturated rings. The number of carbonyl (C=O) groups excluding carboxylic acids is 1. The Balaban J connectivity index is 1.60. The number of halogens is 2. The Hall–Kier alpha value is -2.48. The van der Waals surface area contributed by atoms with Gasteiger partial charge in [0.05, 0.1) is 29.2 Å². The number of nitrogens with one attached hydrogen (secondary N) is 1. The van der Waals surface area contributed by atoms with Gasteiger partial charge in [-0.05, 0) is 47.5 Å².